The van der Waals surface area contributed by atoms with E-state index in [9.17, 15) is 4.79 Å². The van der Waals surface area contributed by atoms with Crippen LogP contribution in [0.4, 0.5) is 10.5 Å². The van der Waals surface area contributed by atoms with E-state index in [1.165, 1.54) is 17.1 Å². The fourth-order valence-corrected chi connectivity index (χ4v) is 1.80. The van der Waals surface area contributed by atoms with E-state index in [0.29, 0.717) is 16.7 Å². The predicted octanol–water partition coefficient (Wildman–Crippen LogP) is 3.16. The van der Waals surface area contributed by atoms with Gasteiger partial charge in [0, 0.05) is 11.9 Å². The molecule has 0 saturated carbocycles. The number of aromatic nitrogens is 2. The molecule has 116 valence electrons. The lowest BCUT2D eigenvalue weighted by Gasteiger charge is -2.19. The molecule has 1 aromatic heterocycles. The van der Waals surface area contributed by atoms with Gasteiger partial charge in [0.15, 0.2) is 0 Å². The van der Waals surface area contributed by atoms with Gasteiger partial charge in [0.25, 0.3) is 0 Å². The molecule has 0 unspecified atom stereocenters. The summed E-state index contributed by atoms with van der Waals surface area (Å²) < 4.78 is 6.64. The lowest BCUT2D eigenvalue weighted by molar-refractivity contribution is 0.0543. The Bertz CT molecular complexity index is 843. The first kappa shape index (κ1) is 16.1. The van der Waals surface area contributed by atoms with Crippen molar-refractivity contribution in [2.75, 3.05) is 5.32 Å². The van der Waals surface area contributed by atoms with Gasteiger partial charge in [-0.05, 0) is 39.0 Å². The highest BCUT2D eigenvalue weighted by molar-refractivity contribution is 5.88. The van der Waals surface area contributed by atoms with Gasteiger partial charge in [-0.15, -0.1) is 0 Å². The maximum atomic E-state index is 12.1. The Balaban J connectivity index is 2.28. The highest BCUT2D eigenvalue weighted by atomic mass is 16.6. The largest absolute Gasteiger partial charge is 0.443 e. The first-order chi connectivity index (χ1) is 10.8. The Hall–Kier alpha value is -3.32. The molecule has 23 heavy (non-hydrogen) atoms. The molecule has 0 amide bonds. The molecule has 0 saturated heterocycles. The first-order valence-corrected chi connectivity index (χ1v) is 6.81. The minimum absolute atomic E-state index is 0.0376. The number of ether oxygens (including phenoxy) is 1. The highest BCUT2D eigenvalue weighted by Gasteiger charge is 2.19. The molecule has 7 nitrogen and oxygen atoms in total. The molecule has 0 aliphatic carbocycles. The van der Waals surface area contributed by atoms with Gasteiger partial charge < -0.3 is 10.1 Å². The van der Waals surface area contributed by atoms with Crippen molar-refractivity contribution in [1.29, 1.82) is 10.5 Å². The minimum atomic E-state index is -0.592. The van der Waals surface area contributed by atoms with E-state index in [-0.39, 0.29) is 5.57 Å². The lowest BCUT2D eigenvalue weighted by atomic mass is 10.2. The van der Waals surface area contributed by atoms with E-state index in [0.717, 1.165) is 0 Å². The van der Waals surface area contributed by atoms with Gasteiger partial charge in [0.05, 0.1) is 11.0 Å². The Morgan fingerprint density at radius 1 is 1.35 bits per heavy atom. The number of benzene rings is 1. The van der Waals surface area contributed by atoms with Gasteiger partial charge in [-0.3, -0.25) is 0 Å². The van der Waals surface area contributed by atoms with Crippen molar-refractivity contribution in [3.8, 4) is 12.1 Å². The number of nitrogens with zero attached hydrogens (tertiary/aromatic N) is 4. The topological polar surface area (TPSA) is 104 Å². The average Bonchev–Trinajstić information content (AvgIpc) is 2.89. The first-order valence-electron chi connectivity index (χ1n) is 6.81. The zero-order valence-electron chi connectivity index (χ0n) is 13.0. The monoisotopic (exact) mass is 309 g/mol. The summed E-state index contributed by atoms with van der Waals surface area (Å²) in [4.78, 5) is 16.3. The molecule has 0 radical (unpaired) electrons. The van der Waals surface area contributed by atoms with Crippen LogP contribution in [0.25, 0.3) is 11.0 Å². The smallest absolute Gasteiger partial charge is 0.420 e. The number of nitrogens with one attached hydrogen (secondary N) is 1. The van der Waals surface area contributed by atoms with Crippen molar-refractivity contribution >= 4 is 22.8 Å². The Morgan fingerprint density at radius 3 is 2.65 bits per heavy atom. The Labute approximate surface area is 133 Å². The number of nitriles is 2. The van der Waals surface area contributed by atoms with Gasteiger partial charge in [0.2, 0.25) is 0 Å². The fourth-order valence-electron chi connectivity index (χ4n) is 1.80. The van der Waals surface area contributed by atoms with E-state index in [1.807, 2.05) is 0 Å². The fraction of sp³-hybridized carbons (Fsp3) is 0.250. The predicted molar refractivity (Wildman–Crippen MR) is 84.3 cm³/mol. The summed E-state index contributed by atoms with van der Waals surface area (Å²) in [5.74, 6) is 0. The summed E-state index contributed by atoms with van der Waals surface area (Å²) in [6.45, 7) is 5.38. The van der Waals surface area contributed by atoms with Crippen molar-refractivity contribution in [2.45, 2.75) is 26.4 Å². The summed E-state index contributed by atoms with van der Waals surface area (Å²) in [5, 5.41) is 20.2. The quantitative estimate of drug-likeness (QED) is 0.854. The van der Waals surface area contributed by atoms with Gasteiger partial charge in [-0.1, -0.05) is 0 Å². The molecule has 0 atom stereocenters. The van der Waals surface area contributed by atoms with Crippen LogP contribution in [-0.4, -0.2) is 21.2 Å². The summed E-state index contributed by atoms with van der Waals surface area (Å²) >= 11 is 0. The zero-order valence-corrected chi connectivity index (χ0v) is 13.0. The second-order valence-electron chi connectivity index (χ2n) is 5.72. The lowest BCUT2D eigenvalue weighted by Crippen LogP contribution is -2.26. The summed E-state index contributed by atoms with van der Waals surface area (Å²) in [5.41, 5.74) is 1.21. The van der Waals surface area contributed by atoms with Crippen molar-refractivity contribution in [3.05, 3.63) is 36.3 Å². The summed E-state index contributed by atoms with van der Waals surface area (Å²) in [6.07, 6.45) is 2.21. The number of carbonyl (C=O) groups excluding carboxylic acids is 1. The molecule has 0 fully saturated rings. The number of carbonyl (C=O) groups is 1. The van der Waals surface area contributed by atoms with Crippen LogP contribution in [0.3, 0.4) is 0 Å². The summed E-state index contributed by atoms with van der Waals surface area (Å²) in [7, 11) is 0. The third-order valence-corrected chi connectivity index (χ3v) is 2.76. The molecule has 2 aromatic rings. The third kappa shape index (κ3) is 3.86. The van der Waals surface area contributed by atoms with Crippen molar-refractivity contribution in [3.63, 3.8) is 0 Å². The number of allylic oxidation sites excluding steroid dienone is 1. The normalized spacial score (nSPS) is 10.5. The molecule has 1 heterocycles. The molecule has 0 bridgehead atoms. The van der Waals surface area contributed by atoms with Crippen LogP contribution in [0.2, 0.25) is 0 Å². The number of imidazole rings is 1. The minimum Gasteiger partial charge on any atom is -0.443 e. The second kappa shape index (κ2) is 6.20. The van der Waals surface area contributed by atoms with Crippen LogP contribution < -0.4 is 5.32 Å². The summed E-state index contributed by atoms with van der Waals surface area (Å²) in [6, 6.07) is 8.65. The molecular weight excluding hydrogens is 294 g/mol. The van der Waals surface area contributed by atoms with Crippen LogP contribution in [0.1, 0.15) is 20.8 Å². The number of hydrogen-bond donors (Lipinski definition) is 1. The van der Waals surface area contributed by atoms with Crippen molar-refractivity contribution < 1.29 is 9.53 Å². The van der Waals surface area contributed by atoms with Gasteiger partial charge in [-0.25, -0.2) is 14.3 Å². The molecule has 1 aromatic carbocycles. The Morgan fingerprint density at radius 2 is 2.04 bits per heavy atom. The van der Waals surface area contributed by atoms with Gasteiger partial charge in [-0.2, -0.15) is 10.5 Å². The van der Waals surface area contributed by atoms with E-state index >= 15 is 0 Å². The number of fused-ring (bicyclic) bond motifs is 1. The van der Waals surface area contributed by atoms with Gasteiger partial charge >= 0.3 is 6.09 Å². The van der Waals surface area contributed by atoms with Gasteiger partial charge in [0.1, 0.15) is 29.6 Å². The molecule has 1 N–H and O–H groups in total. The van der Waals surface area contributed by atoms with Crippen molar-refractivity contribution in [1.82, 2.24) is 9.55 Å². The van der Waals surface area contributed by atoms with Crippen LogP contribution in [0.15, 0.2) is 36.3 Å². The highest BCUT2D eigenvalue weighted by Crippen LogP contribution is 2.20. The molecule has 7 heteroatoms. The molecule has 0 aliphatic heterocycles. The van der Waals surface area contributed by atoms with Crippen LogP contribution in [0, 0.1) is 22.7 Å². The molecule has 0 aliphatic rings. The van der Waals surface area contributed by atoms with E-state index in [1.54, 1.807) is 51.1 Å². The van der Waals surface area contributed by atoms with Crippen LogP contribution in [0.5, 0.6) is 0 Å². The SMILES string of the molecule is CC(C)(C)OC(=O)n1cnc2cc(NC=C(C#N)C#N)ccc21. The van der Waals surface area contributed by atoms with E-state index in [2.05, 4.69) is 10.3 Å². The maximum Gasteiger partial charge on any atom is 0.420 e. The average molecular weight is 309 g/mol. The van der Waals surface area contributed by atoms with Crippen LogP contribution >= 0.6 is 0 Å². The second-order valence-corrected chi connectivity index (χ2v) is 5.72. The number of hydrogen-bond acceptors (Lipinski definition) is 6. The molecular formula is C16H15N5O2. The zero-order chi connectivity index (χ0) is 17.0. The Kier molecular flexibility index (Phi) is 4.33. The number of rotatable bonds is 2. The van der Waals surface area contributed by atoms with E-state index < -0.39 is 11.7 Å². The van der Waals surface area contributed by atoms with Crippen LogP contribution in [-0.2, 0) is 4.74 Å². The molecule has 2 rings (SSSR count). The third-order valence-electron chi connectivity index (χ3n) is 2.76. The van der Waals surface area contributed by atoms with Crippen molar-refractivity contribution in [2.24, 2.45) is 0 Å². The standard InChI is InChI=1S/C16H15N5O2/c1-16(2,3)23-15(22)21-10-20-13-6-12(4-5-14(13)21)19-9-11(7-17)8-18/h4-6,9-10,19H,1-3H3. The van der Waals surface area contributed by atoms with E-state index in [4.69, 9.17) is 15.3 Å². The molecule has 0 spiro atoms. The maximum absolute atomic E-state index is 12.1. The number of anilines is 1.